The third-order valence-corrected chi connectivity index (χ3v) is 5.47. The number of fused-ring (bicyclic) bond motifs is 1. The van der Waals surface area contributed by atoms with Crippen molar-refractivity contribution in [2.24, 2.45) is 5.92 Å². The van der Waals surface area contributed by atoms with E-state index in [4.69, 9.17) is 19.6 Å². The number of nitriles is 1. The van der Waals surface area contributed by atoms with E-state index in [1.807, 2.05) is 36.4 Å². The molecule has 29 heavy (non-hydrogen) atoms. The van der Waals surface area contributed by atoms with Crippen LogP contribution >= 0.6 is 15.9 Å². The molecule has 146 valence electrons. The van der Waals surface area contributed by atoms with Gasteiger partial charge >= 0.3 is 0 Å². The number of aromatic nitrogens is 2. The average molecular weight is 453 g/mol. The van der Waals surface area contributed by atoms with Crippen molar-refractivity contribution in [3.8, 4) is 34.7 Å². The normalized spacial score (nSPS) is 17.8. The molecule has 0 spiro atoms. The van der Waals surface area contributed by atoms with E-state index in [1.54, 1.807) is 20.3 Å². The molecule has 4 rings (SSSR count). The van der Waals surface area contributed by atoms with Gasteiger partial charge in [0.2, 0.25) is 11.8 Å². The molecule has 3 aromatic rings. The summed E-state index contributed by atoms with van der Waals surface area (Å²) in [4.78, 5) is 0. The fourth-order valence-corrected chi connectivity index (χ4v) is 3.83. The largest absolute Gasteiger partial charge is 0.493 e. The Morgan fingerprint density at radius 1 is 1.14 bits per heavy atom. The van der Waals surface area contributed by atoms with Crippen LogP contribution < -0.4 is 14.2 Å². The van der Waals surface area contributed by atoms with Crippen LogP contribution in [0.2, 0.25) is 0 Å². The number of nitrogens with one attached hydrogen (secondary N) is 2. The number of methoxy groups -OCH3 is 2. The third kappa shape index (κ3) is 3.23. The van der Waals surface area contributed by atoms with Gasteiger partial charge in [0.25, 0.3) is 0 Å². The number of hydrogen-bond acceptors (Lipinski definition) is 6. The van der Waals surface area contributed by atoms with Crippen LogP contribution in [0.25, 0.3) is 11.3 Å². The minimum absolute atomic E-state index is 0.131. The number of ether oxygens (including phenoxy) is 3. The minimum Gasteiger partial charge on any atom is -0.493 e. The molecule has 0 amide bonds. The summed E-state index contributed by atoms with van der Waals surface area (Å²) in [6.45, 7) is 0. The van der Waals surface area contributed by atoms with Gasteiger partial charge < -0.3 is 14.2 Å². The van der Waals surface area contributed by atoms with E-state index in [0.717, 1.165) is 26.9 Å². The summed E-state index contributed by atoms with van der Waals surface area (Å²) >= 11 is 3.44. The topological polar surface area (TPSA) is 104 Å². The highest BCUT2D eigenvalue weighted by molar-refractivity contribution is 9.10. The van der Waals surface area contributed by atoms with Crippen LogP contribution in [0.15, 0.2) is 46.9 Å². The smallest absolute Gasteiger partial charge is 0.244 e. The predicted molar refractivity (Wildman–Crippen MR) is 111 cm³/mol. The molecule has 2 N–H and O–H groups in total. The summed E-state index contributed by atoms with van der Waals surface area (Å²) in [5.74, 6) is 0.0658. The fourth-order valence-electron chi connectivity index (χ4n) is 3.56. The lowest BCUT2D eigenvalue weighted by atomic mass is 9.78. The van der Waals surface area contributed by atoms with Gasteiger partial charge in [-0.1, -0.05) is 34.1 Å². The average Bonchev–Trinajstić information content (AvgIpc) is 3.16. The molecule has 8 heteroatoms. The number of nitrogens with zero attached hydrogens (tertiary/aromatic N) is 2. The molecule has 0 aliphatic carbocycles. The summed E-state index contributed by atoms with van der Waals surface area (Å²) in [6, 6.07) is 15.5. The Balaban J connectivity index is 1.92. The van der Waals surface area contributed by atoms with Gasteiger partial charge in [0.05, 0.1) is 31.5 Å². The van der Waals surface area contributed by atoms with Crippen molar-refractivity contribution in [3.63, 3.8) is 0 Å². The minimum atomic E-state index is -0.799. The second kappa shape index (κ2) is 7.60. The highest BCUT2D eigenvalue weighted by Crippen LogP contribution is 2.47. The highest BCUT2D eigenvalue weighted by atomic mass is 79.9. The lowest BCUT2D eigenvalue weighted by Gasteiger charge is -2.28. The standard InChI is InChI=1S/C21H17BrN4O3/c1-27-15-8-5-12(9-16(15)28-2)17-14(10-23)20(24)29-21-18(17)19(25-26-21)11-3-6-13(22)7-4-11/h3-9,14,17,24H,1-2H3,(H,25,26). The first-order valence-corrected chi connectivity index (χ1v) is 9.58. The van der Waals surface area contributed by atoms with Crippen LogP contribution in [0, 0.1) is 22.7 Å². The van der Waals surface area contributed by atoms with Gasteiger partial charge in [0.15, 0.2) is 11.5 Å². The first-order chi connectivity index (χ1) is 14.1. The maximum Gasteiger partial charge on any atom is 0.244 e. The molecule has 2 atom stereocenters. The van der Waals surface area contributed by atoms with Crippen LogP contribution in [0.1, 0.15) is 17.0 Å². The Hall–Kier alpha value is -3.31. The Labute approximate surface area is 175 Å². The molecule has 1 aliphatic heterocycles. The Bertz CT molecular complexity index is 1120. The maximum absolute atomic E-state index is 9.82. The highest BCUT2D eigenvalue weighted by Gasteiger charge is 2.41. The quantitative estimate of drug-likeness (QED) is 0.606. The van der Waals surface area contributed by atoms with Gasteiger partial charge in [-0.3, -0.25) is 10.5 Å². The van der Waals surface area contributed by atoms with Gasteiger partial charge in [-0.25, -0.2) is 0 Å². The SMILES string of the molecule is COc1ccc(C2c3c(n[nH]c3-c3ccc(Br)cc3)OC(=N)C2C#N)cc1OC. The first-order valence-electron chi connectivity index (χ1n) is 8.79. The molecule has 0 saturated heterocycles. The maximum atomic E-state index is 9.82. The van der Waals surface area contributed by atoms with E-state index in [9.17, 15) is 5.26 Å². The zero-order valence-corrected chi connectivity index (χ0v) is 17.3. The molecular weight excluding hydrogens is 436 g/mol. The fraction of sp³-hybridized carbons (Fsp3) is 0.190. The number of aromatic amines is 1. The van der Waals surface area contributed by atoms with E-state index in [1.165, 1.54) is 0 Å². The number of rotatable bonds is 4. The van der Waals surface area contributed by atoms with Gasteiger partial charge in [-0.05, 0) is 29.8 Å². The second-order valence-electron chi connectivity index (χ2n) is 6.49. The van der Waals surface area contributed by atoms with Crippen LogP contribution in [-0.4, -0.2) is 30.3 Å². The molecule has 0 bridgehead atoms. The van der Waals surface area contributed by atoms with Crippen LogP contribution in [0.3, 0.4) is 0 Å². The number of benzene rings is 2. The predicted octanol–water partition coefficient (Wildman–Crippen LogP) is 4.50. The van der Waals surface area contributed by atoms with Crippen LogP contribution in [0.5, 0.6) is 17.4 Å². The molecule has 1 aliphatic rings. The third-order valence-electron chi connectivity index (χ3n) is 4.94. The van der Waals surface area contributed by atoms with Crippen molar-refractivity contribution < 1.29 is 14.2 Å². The summed E-state index contributed by atoms with van der Waals surface area (Å²) in [5.41, 5.74) is 3.20. The van der Waals surface area contributed by atoms with E-state index in [0.29, 0.717) is 17.4 Å². The molecule has 2 unspecified atom stereocenters. The zero-order chi connectivity index (χ0) is 20.5. The van der Waals surface area contributed by atoms with Gasteiger partial charge in [-0.15, -0.1) is 5.10 Å². The van der Waals surface area contributed by atoms with Crippen molar-refractivity contribution in [1.29, 1.82) is 10.7 Å². The van der Waals surface area contributed by atoms with E-state index < -0.39 is 11.8 Å². The van der Waals surface area contributed by atoms with E-state index >= 15 is 0 Å². The van der Waals surface area contributed by atoms with Gasteiger partial charge in [0.1, 0.15) is 5.92 Å². The monoisotopic (exact) mass is 452 g/mol. The lowest BCUT2D eigenvalue weighted by molar-refractivity contribution is 0.354. The zero-order valence-electron chi connectivity index (χ0n) is 15.7. The Morgan fingerprint density at radius 2 is 1.86 bits per heavy atom. The molecular formula is C21H17BrN4O3. The molecule has 0 saturated carbocycles. The number of hydrogen-bond donors (Lipinski definition) is 2. The van der Waals surface area contributed by atoms with Crippen LogP contribution in [0.4, 0.5) is 0 Å². The Morgan fingerprint density at radius 3 is 2.52 bits per heavy atom. The molecule has 2 aromatic carbocycles. The summed E-state index contributed by atoms with van der Waals surface area (Å²) in [6.07, 6.45) is 0. The molecule has 7 nitrogen and oxygen atoms in total. The second-order valence-corrected chi connectivity index (χ2v) is 7.41. The number of halogens is 1. The van der Waals surface area contributed by atoms with E-state index in [2.05, 4.69) is 32.2 Å². The van der Waals surface area contributed by atoms with Crippen molar-refractivity contribution in [2.75, 3.05) is 14.2 Å². The van der Waals surface area contributed by atoms with Gasteiger partial charge in [-0.2, -0.15) is 5.26 Å². The molecule has 0 radical (unpaired) electrons. The summed E-state index contributed by atoms with van der Waals surface area (Å²) < 4.78 is 17.3. The van der Waals surface area contributed by atoms with Crippen LogP contribution in [-0.2, 0) is 0 Å². The number of H-pyrrole nitrogens is 1. The van der Waals surface area contributed by atoms with Crippen molar-refractivity contribution in [2.45, 2.75) is 5.92 Å². The lowest BCUT2D eigenvalue weighted by Crippen LogP contribution is -2.30. The van der Waals surface area contributed by atoms with Crippen molar-refractivity contribution in [1.82, 2.24) is 10.2 Å². The van der Waals surface area contributed by atoms with E-state index in [-0.39, 0.29) is 5.90 Å². The molecule has 1 aromatic heterocycles. The summed E-state index contributed by atoms with van der Waals surface area (Å²) in [5, 5.41) is 25.3. The first kappa shape index (κ1) is 19.0. The van der Waals surface area contributed by atoms with Gasteiger partial charge in [0, 0.05) is 16.0 Å². The molecule has 2 heterocycles. The van der Waals surface area contributed by atoms with Crippen molar-refractivity contribution >= 4 is 21.8 Å². The van der Waals surface area contributed by atoms with Crippen molar-refractivity contribution in [3.05, 3.63) is 58.1 Å². The summed E-state index contributed by atoms with van der Waals surface area (Å²) in [7, 11) is 3.13. The Kier molecular flexibility index (Phi) is 4.99. The molecule has 0 fully saturated rings.